The Hall–Kier alpha value is -1.39. The molecule has 2 N–H and O–H groups in total. The minimum atomic E-state index is -0.451. The Kier molecular flexibility index (Phi) is 2.69. The molecule has 0 saturated heterocycles. The van der Waals surface area contributed by atoms with E-state index in [2.05, 4.69) is 4.98 Å². The molecule has 0 bridgehead atoms. The Morgan fingerprint density at radius 3 is 2.69 bits per heavy atom. The summed E-state index contributed by atoms with van der Waals surface area (Å²) < 4.78 is 5.00. The Bertz CT molecular complexity index is 621. The number of benzene rings is 1. The molecule has 16 heavy (non-hydrogen) atoms. The molecule has 0 unspecified atom stereocenters. The van der Waals surface area contributed by atoms with E-state index in [4.69, 9.17) is 27.9 Å². The Labute approximate surface area is 100 Å². The third kappa shape index (κ3) is 1.60. The Morgan fingerprint density at radius 1 is 1.38 bits per heavy atom. The van der Waals surface area contributed by atoms with E-state index in [-0.39, 0.29) is 26.7 Å². The molecule has 1 aromatic heterocycles. The lowest BCUT2D eigenvalue weighted by Gasteiger charge is -2.09. The average molecular weight is 260 g/mol. The van der Waals surface area contributed by atoms with Crippen LogP contribution in [-0.2, 0) is 0 Å². The van der Waals surface area contributed by atoms with Crippen LogP contribution in [0.4, 0.5) is 0 Å². The second-order valence-corrected chi connectivity index (χ2v) is 3.93. The number of aromatic nitrogens is 1. The number of rotatable bonds is 1. The number of halogens is 2. The number of aromatic hydroxyl groups is 1. The maximum absolute atomic E-state index is 11.2. The lowest BCUT2D eigenvalue weighted by molar-refractivity contribution is 0.415. The van der Waals surface area contributed by atoms with Crippen molar-refractivity contribution in [3.63, 3.8) is 0 Å². The van der Waals surface area contributed by atoms with Gasteiger partial charge in [0.05, 0.1) is 28.1 Å². The zero-order chi connectivity index (χ0) is 11.9. The van der Waals surface area contributed by atoms with Gasteiger partial charge in [-0.25, -0.2) is 0 Å². The fraction of sp³-hybridized carbons (Fsp3) is 0.100. The lowest BCUT2D eigenvalue weighted by atomic mass is 10.2. The van der Waals surface area contributed by atoms with Crippen molar-refractivity contribution in [1.82, 2.24) is 4.98 Å². The SMILES string of the molecule is COc1cc(Cl)c2[nH]c(=O)cc(O)c2c1Cl. The van der Waals surface area contributed by atoms with Crippen LogP contribution in [0.25, 0.3) is 10.9 Å². The van der Waals surface area contributed by atoms with Gasteiger partial charge in [0.15, 0.2) is 0 Å². The largest absolute Gasteiger partial charge is 0.507 e. The minimum Gasteiger partial charge on any atom is -0.507 e. The standard InChI is InChI=1S/C10H7Cl2NO3/c1-16-6-2-4(11)10-8(9(6)12)5(14)3-7(15)13-10/h2-3H,1H3,(H2,13,14,15). The zero-order valence-corrected chi connectivity index (χ0v) is 9.69. The molecule has 0 saturated carbocycles. The normalized spacial score (nSPS) is 10.7. The molecule has 0 aliphatic heterocycles. The van der Waals surface area contributed by atoms with Crippen molar-refractivity contribution >= 4 is 34.1 Å². The van der Waals surface area contributed by atoms with Gasteiger partial charge in [-0.05, 0) is 0 Å². The predicted molar refractivity (Wildman–Crippen MR) is 62.8 cm³/mol. The molecule has 2 rings (SSSR count). The maximum atomic E-state index is 11.2. The van der Waals surface area contributed by atoms with E-state index >= 15 is 0 Å². The molecule has 0 fully saturated rings. The van der Waals surface area contributed by atoms with E-state index in [0.717, 1.165) is 6.07 Å². The molecule has 0 aliphatic rings. The first kappa shape index (κ1) is 11.1. The quantitative estimate of drug-likeness (QED) is 0.828. The van der Waals surface area contributed by atoms with Gasteiger partial charge in [0, 0.05) is 12.1 Å². The van der Waals surface area contributed by atoms with Gasteiger partial charge in [0.2, 0.25) is 0 Å². The van der Waals surface area contributed by atoms with Crippen molar-refractivity contribution in [1.29, 1.82) is 0 Å². The van der Waals surface area contributed by atoms with Crippen LogP contribution in [0.5, 0.6) is 11.5 Å². The van der Waals surface area contributed by atoms with Gasteiger partial charge in [-0.1, -0.05) is 23.2 Å². The van der Waals surface area contributed by atoms with Crippen molar-refractivity contribution in [2.24, 2.45) is 0 Å². The monoisotopic (exact) mass is 259 g/mol. The summed E-state index contributed by atoms with van der Waals surface area (Å²) in [5.74, 6) is 0.103. The van der Waals surface area contributed by atoms with Crippen LogP contribution in [0.3, 0.4) is 0 Å². The van der Waals surface area contributed by atoms with Crippen LogP contribution in [0.1, 0.15) is 0 Å². The van der Waals surface area contributed by atoms with Gasteiger partial charge in [0.1, 0.15) is 11.5 Å². The van der Waals surface area contributed by atoms with Crippen LogP contribution in [-0.4, -0.2) is 17.2 Å². The predicted octanol–water partition coefficient (Wildman–Crippen LogP) is 2.55. The average Bonchev–Trinajstić information content (AvgIpc) is 2.22. The van der Waals surface area contributed by atoms with Crippen molar-refractivity contribution in [3.05, 3.63) is 32.5 Å². The van der Waals surface area contributed by atoms with Gasteiger partial charge in [0.25, 0.3) is 5.56 Å². The fourth-order valence-electron chi connectivity index (χ4n) is 1.47. The summed E-state index contributed by atoms with van der Waals surface area (Å²) in [6, 6.07) is 2.51. The highest BCUT2D eigenvalue weighted by Gasteiger charge is 2.14. The molecular weight excluding hydrogens is 253 g/mol. The molecule has 0 spiro atoms. The second-order valence-electron chi connectivity index (χ2n) is 3.14. The van der Waals surface area contributed by atoms with Gasteiger partial charge < -0.3 is 14.8 Å². The molecule has 0 atom stereocenters. The first-order valence-corrected chi connectivity index (χ1v) is 5.08. The molecule has 0 aliphatic carbocycles. The molecular formula is C10H7Cl2NO3. The van der Waals surface area contributed by atoms with Crippen LogP contribution in [0.15, 0.2) is 16.9 Å². The first-order valence-electron chi connectivity index (χ1n) is 4.32. The summed E-state index contributed by atoms with van der Waals surface area (Å²) in [6.07, 6.45) is 0. The molecule has 1 heterocycles. The molecule has 2 aromatic rings. The smallest absolute Gasteiger partial charge is 0.252 e. The van der Waals surface area contributed by atoms with Crippen molar-refractivity contribution < 1.29 is 9.84 Å². The molecule has 4 nitrogen and oxygen atoms in total. The van der Waals surface area contributed by atoms with Crippen molar-refractivity contribution in [3.8, 4) is 11.5 Å². The molecule has 84 valence electrons. The number of ether oxygens (including phenoxy) is 1. The van der Waals surface area contributed by atoms with Crippen molar-refractivity contribution in [2.45, 2.75) is 0 Å². The van der Waals surface area contributed by atoms with E-state index in [1.807, 2.05) is 0 Å². The summed E-state index contributed by atoms with van der Waals surface area (Å²) in [5, 5.41) is 10.4. The summed E-state index contributed by atoms with van der Waals surface area (Å²) in [6.45, 7) is 0. The highest BCUT2D eigenvalue weighted by molar-refractivity contribution is 6.41. The third-order valence-electron chi connectivity index (χ3n) is 2.17. The summed E-state index contributed by atoms with van der Waals surface area (Å²) in [7, 11) is 1.44. The zero-order valence-electron chi connectivity index (χ0n) is 8.17. The topological polar surface area (TPSA) is 62.3 Å². The summed E-state index contributed by atoms with van der Waals surface area (Å²) in [5.41, 5.74) is -0.161. The number of H-pyrrole nitrogens is 1. The number of fused-ring (bicyclic) bond motifs is 1. The van der Waals surface area contributed by atoms with Crippen LogP contribution >= 0.6 is 23.2 Å². The van der Waals surface area contributed by atoms with Crippen LogP contribution in [0, 0.1) is 0 Å². The highest BCUT2D eigenvalue weighted by atomic mass is 35.5. The number of nitrogens with one attached hydrogen (secondary N) is 1. The lowest BCUT2D eigenvalue weighted by Crippen LogP contribution is -2.04. The molecule has 6 heteroatoms. The number of methoxy groups -OCH3 is 1. The molecule has 0 radical (unpaired) electrons. The molecule has 1 aromatic carbocycles. The van der Waals surface area contributed by atoms with E-state index in [9.17, 15) is 9.90 Å². The van der Waals surface area contributed by atoms with Gasteiger partial charge in [-0.2, -0.15) is 0 Å². The minimum absolute atomic E-state index is 0.204. The van der Waals surface area contributed by atoms with Crippen LogP contribution < -0.4 is 10.3 Å². The Morgan fingerprint density at radius 2 is 2.06 bits per heavy atom. The number of pyridine rings is 1. The van der Waals surface area contributed by atoms with Gasteiger partial charge in [-0.3, -0.25) is 4.79 Å². The highest BCUT2D eigenvalue weighted by Crippen LogP contribution is 2.39. The summed E-state index contributed by atoms with van der Waals surface area (Å²) in [4.78, 5) is 13.7. The van der Waals surface area contributed by atoms with E-state index in [0.29, 0.717) is 5.75 Å². The number of hydrogen-bond donors (Lipinski definition) is 2. The van der Waals surface area contributed by atoms with Gasteiger partial charge >= 0.3 is 0 Å². The first-order chi connectivity index (χ1) is 7.54. The van der Waals surface area contributed by atoms with Crippen LogP contribution in [0.2, 0.25) is 10.0 Å². The van der Waals surface area contributed by atoms with E-state index < -0.39 is 5.56 Å². The molecule has 0 amide bonds. The van der Waals surface area contributed by atoms with E-state index in [1.54, 1.807) is 0 Å². The van der Waals surface area contributed by atoms with Crippen molar-refractivity contribution in [2.75, 3.05) is 7.11 Å². The summed E-state index contributed by atoms with van der Waals surface area (Å²) >= 11 is 11.9. The third-order valence-corrected chi connectivity index (χ3v) is 2.85. The van der Waals surface area contributed by atoms with E-state index in [1.165, 1.54) is 13.2 Å². The maximum Gasteiger partial charge on any atom is 0.252 e. The number of aromatic amines is 1. The second kappa shape index (κ2) is 3.88. The Balaban J connectivity index is 3.01. The number of hydrogen-bond acceptors (Lipinski definition) is 3. The fourth-order valence-corrected chi connectivity index (χ4v) is 2.03. The van der Waals surface area contributed by atoms with Gasteiger partial charge in [-0.15, -0.1) is 0 Å².